The maximum Gasteiger partial charge on any atom is 0.224 e. The summed E-state index contributed by atoms with van der Waals surface area (Å²) in [7, 11) is 3.52. The zero-order chi connectivity index (χ0) is 13.0. The van der Waals surface area contributed by atoms with Gasteiger partial charge >= 0.3 is 0 Å². The molecule has 3 N–H and O–H groups in total. The van der Waals surface area contributed by atoms with Crippen molar-refractivity contribution >= 4 is 17.4 Å². The molecule has 1 amide bonds. The van der Waals surface area contributed by atoms with E-state index in [1.165, 1.54) is 0 Å². The lowest BCUT2D eigenvalue weighted by Crippen LogP contribution is -2.35. The van der Waals surface area contributed by atoms with Crippen molar-refractivity contribution in [1.29, 1.82) is 0 Å². The number of nitrogens with two attached hydrogens (primary N) is 1. The van der Waals surface area contributed by atoms with E-state index in [9.17, 15) is 4.79 Å². The Morgan fingerprint density at radius 3 is 2.82 bits per heavy atom. The number of pyridine rings is 1. The Labute approximate surface area is 102 Å². The predicted octanol–water partition coefficient (Wildman–Crippen LogP) is 0.791. The average molecular weight is 236 g/mol. The van der Waals surface area contributed by atoms with E-state index in [1.54, 1.807) is 13.2 Å². The van der Waals surface area contributed by atoms with Crippen LogP contribution in [0.1, 0.15) is 12.5 Å². The normalized spacial score (nSPS) is 12.0. The van der Waals surface area contributed by atoms with Crippen molar-refractivity contribution in [2.24, 2.45) is 5.92 Å². The molecular formula is C12H20N4O. The summed E-state index contributed by atoms with van der Waals surface area (Å²) in [5.41, 5.74) is 7.56. The molecule has 5 heteroatoms. The minimum Gasteiger partial charge on any atom is -0.396 e. The number of rotatable bonds is 4. The Bertz CT molecular complexity index is 405. The third-order valence-corrected chi connectivity index (χ3v) is 2.64. The highest BCUT2D eigenvalue weighted by Gasteiger charge is 2.15. The van der Waals surface area contributed by atoms with Crippen LogP contribution in [0.3, 0.4) is 0 Å². The number of nitrogens with zero attached hydrogens (tertiary/aromatic N) is 2. The van der Waals surface area contributed by atoms with Gasteiger partial charge in [-0.15, -0.1) is 0 Å². The largest absolute Gasteiger partial charge is 0.396 e. The van der Waals surface area contributed by atoms with E-state index >= 15 is 0 Å². The molecule has 0 radical (unpaired) electrons. The molecule has 17 heavy (non-hydrogen) atoms. The van der Waals surface area contributed by atoms with Crippen LogP contribution in [-0.4, -0.2) is 31.5 Å². The van der Waals surface area contributed by atoms with Gasteiger partial charge in [-0.3, -0.25) is 4.79 Å². The number of nitrogens with one attached hydrogen (secondary N) is 1. The SMILES string of the molecule is CNC(=O)C(C)CN(C)c1ncc(C)cc1N. The van der Waals surface area contributed by atoms with Crippen LogP contribution >= 0.6 is 0 Å². The number of hydrogen-bond acceptors (Lipinski definition) is 4. The second-order valence-electron chi connectivity index (χ2n) is 4.32. The van der Waals surface area contributed by atoms with Gasteiger partial charge in [0.2, 0.25) is 5.91 Å². The fourth-order valence-electron chi connectivity index (χ4n) is 1.73. The smallest absolute Gasteiger partial charge is 0.224 e. The van der Waals surface area contributed by atoms with Gasteiger partial charge in [-0.05, 0) is 18.6 Å². The van der Waals surface area contributed by atoms with Gasteiger partial charge in [0.05, 0.1) is 11.6 Å². The number of carbonyl (C=O) groups is 1. The molecule has 0 aliphatic rings. The molecule has 1 rings (SSSR count). The van der Waals surface area contributed by atoms with Crippen LogP contribution < -0.4 is 16.0 Å². The summed E-state index contributed by atoms with van der Waals surface area (Å²) < 4.78 is 0. The van der Waals surface area contributed by atoms with Crippen LogP contribution in [0.5, 0.6) is 0 Å². The minimum atomic E-state index is -0.104. The molecular weight excluding hydrogens is 216 g/mol. The first kappa shape index (κ1) is 13.3. The molecule has 0 spiro atoms. The van der Waals surface area contributed by atoms with Gasteiger partial charge in [-0.25, -0.2) is 4.98 Å². The van der Waals surface area contributed by atoms with Crippen LogP contribution in [0, 0.1) is 12.8 Å². The molecule has 0 aromatic carbocycles. The number of hydrogen-bond donors (Lipinski definition) is 2. The van der Waals surface area contributed by atoms with Crippen LogP contribution in [0.15, 0.2) is 12.3 Å². The Morgan fingerprint density at radius 1 is 1.65 bits per heavy atom. The van der Waals surface area contributed by atoms with Gasteiger partial charge in [0, 0.05) is 26.8 Å². The van der Waals surface area contributed by atoms with E-state index in [0.29, 0.717) is 18.1 Å². The van der Waals surface area contributed by atoms with E-state index in [-0.39, 0.29) is 11.8 Å². The van der Waals surface area contributed by atoms with Crippen molar-refractivity contribution in [2.75, 3.05) is 31.3 Å². The zero-order valence-corrected chi connectivity index (χ0v) is 10.8. The fraction of sp³-hybridized carbons (Fsp3) is 0.500. The second-order valence-corrected chi connectivity index (χ2v) is 4.32. The Balaban J connectivity index is 2.76. The van der Waals surface area contributed by atoms with E-state index in [2.05, 4.69) is 10.3 Å². The predicted molar refractivity (Wildman–Crippen MR) is 69.9 cm³/mol. The summed E-state index contributed by atoms with van der Waals surface area (Å²) >= 11 is 0. The molecule has 1 heterocycles. The summed E-state index contributed by atoms with van der Waals surface area (Å²) in [4.78, 5) is 17.6. The van der Waals surface area contributed by atoms with Crippen molar-refractivity contribution in [1.82, 2.24) is 10.3 Å². The first-order valence-corrected chi connectivity index (χ1v) is 5.60. The third-order valence-electron chi connectivity index (χ3n) is 2.64. The topological polar surface area (TPSA) is 71.2 Å². The van der Waals surface area contributed by atoms with Gasteiger partial charge in [0.15, 0.2) is 5.82 Å². The van der Waals surface area contributed by atoms with Gasteiger partial charge in [0.1, 0.15) is 0 Å². The fourth-order valence-corrected chi connectivity index (χ4v) is 1.73. The maximum absolute atomic E-state index is 11.4. The van der Waals surface area contributed by atoms with Crippen LogP contribution in [0.4, 0.5) is 11.5 Å². The molecule has 0 aliphatic heterocycles. The van der Waals surface area contributed by atoms with Gasteiger partial charge < -0.3 is 16.0 Å². The summed E-state index contributed by atoms with van der Waals surface area (Å²) in [6, 6.07) is 1.88. The third kappa shape index (κ3) is 3.34. The summed E-state index contributed by atoms with van der Waals surface area (Å²) in [6.07, 6.45) is 1.77. The van der Waals surface area contributed by atoms with Crippen molar-refractivity contribution < 1.29 is 4.79 Å². The monoisotopic (exact) mass is 236 g/mol. The lowest BCUT2D eigenvalue weighted by Gasteiger charge is -2.23. The standard InChI is InChI=1S/C12H20N4O/c1-8-5-10(13)11(15-6-8)16(4)7-9(2)12(17)14-3/h5-6,9H,7,13H2,1-4H3,(H,14,17). The minimum absolute atomic E-state index is 0.0162. The van der Waals surface area contributed by atoms with E-state index in [0.717, 1.165) is 5.56 Å². The Kier molecular flexibility index (Phi) is 4.31. The lowest BCUT2D eigenvalue weighted by molar-refractivity contribution is -0.123. The van der Waals surface area contributed by atoms with Crippen molar-refractivity contribution in [3.05, 3.63) is 17.8 Å². The van der Waals surface area contributed by atoms with E-state index < -0.39 is 0 Å². The van der Waals surface area contributed by atoms with Crippen molar-refractivity contribution in [3.63, 3.8) is 0 Å². The highest BCUT2D eigenvalue weighted by Crippen LogP contribution is 2.20. The molecule has 1 aromatic heterocycles. The molecule has 1 atom stereocenters. The maximum atomic E-state index is 11.4. The van der Waals surface area contributed by atoms with Gasteiger partial charge in [-0.1, -0.05) is 6.92 Å². The number of aryl methyl sites for hydroxylation is 1. The second kappa shape index (κ2) is 5.52. The lowest BCUT2D eigenvalue weighted by atomic mass is 10.1. The van der Waals surface area contributed by atoms with Gasteiger partial charge in [0.25, 0.3) is 0 Å². The summed E-state index contributed by atoms with van der Waals surface area (Å²) in [6.45, 7) is 4.40. The summed E-state index contributed by atoms with van der Waals surface area (Å²) in [5, 5.41) is 2.63. The first-order chi connectivity index (χ1) is 7.95. The van der Waals surface area contributed by atoms with Crippen LogP contribution in [0.2, 0.25) is 0 Å². The average Bonchev–Trinajstić information content (AvgIpc) is 2.27. The molecule has 0 bridgehead atoms. The number of aromatic nitrogens is 1. The molecule has 0 saturated heterocycles. The molecule has 94 valence electrons. The van der Waals surface area contributed by atoms with E-state index in [4.69, 9.17) is 5.73 Å². The number of amides is 1. The van der Waals surface area contributed by atoms with Gasteiger partial charge in [-0.2, -0.15) is 0 Å². The first-order valence-electron chi connectivity index (χ1n) is 5.60. The molecule has 5 nitrogen and oxygen atoms in total. The molecule has 0 aliphatic carbocycles. The quantitative estimate of drug-likeness (QED) is 0.811. The van der Waals surface area contributed by atoms with E-state index in [1.807, 2.05) is 31.9 Å². The van der Waals surface area contributed by atoms with Crippen molar-refractivity contribution in [3.8, 4) is 0 Å². The highest BCUT2D eigenvalue weighted by atomic mass is 16.1. The molecule has 1 unspecified atom stereocenters. The number of nitrogen functional groups attached to an aromatic ring is 1. The van der Waals surface area contributed by atoms with Crippen LogP contribution in [0.25, 0.3) is 0 Å². The number of anilines is 2. The molecule has 0 saturated carbocycles. The number of carbonyl (C=O) groups excluding carboxylic acids is 1. The zero-order valence-electron chi connectivity index (χ0n) is 10.8. The molecule has 0 fully saturated rings. The Hall–Kier alpha value is -1.78. The highest BCUT2D eigenvalue weighted by molar-refractivity contribution is 5.78. The van der Waals surface area contributed by atoms with Crippen LogP contribution in [-0.2, 0) is 4.79 Å². The molecule has 1 aromatic rings. The van der Waals surface area contributed by atoms with Crippen molar-refractivity contribution in [2.45, 2.75) is 13.8 Å². The Morgan fingerprint density at radius 2 is 2.29 bits per heavy atom. The summed E-state index contributed by atoms with van der Waals surface area (Å²) in [5.74, 6) is 0.626.